The fraction of sp³-hybridized carbons (Fsp3) is 0. The molecule has 6 nitrogen and oxygen atoms in total. The standard InChI is InChI=1S/C8H6N2.C6H6N2O2S/c1-2-4-8-7(3-1)9-5-6-10-8;7-5-3-4-1-2-6(5)11(9,10)8-4/h1-6H;1-3,8H,7H2. The van der Waals surface area contributed by atoms with Crippen molar-refractivity contribution in [3.8, 4) is 0 Å². The molecule has 21 heavy (non-hydrogen) atoms. The monoisotopic (exact) mass is 300 g/mol. The molecule has 7 heteroatoms. The zero-order valence-electron chi connectivity index (χ0n) is 10.9. The molecule has 106 valence electrons. The molecule has 3 N–H and O–H groups in total. The van der Waals surface area contributed by atoms with Crippen LogP contribution >= 0.6 is 0 Å². The van der Waals surface area contributed by atoms with Crippen LogP contribution in [0.5, 0.6) is 0 Å². The lowest BCUT2D eigenvalue weighted by atomic mass is 10.3. The molecule has 3 heterocycles. The first-order chi connectivity index (χ1) is 10.1. The molecule has 2 bridgehead atoms. The van der Waals surface area contributed by atoms with Crippen LogP contribution in [-0.2, 0) is 10.0 Å². The minimum absolute atomic E-state index is 0.160. The minimum atomic E-state index is -3.32. The number of benzene rings is 2. The first kappa shape index (κ1) is 13.3. The van der Waals surface area contributed by atoms with Gasteiger partial charge in [-0.05, 0) is 30.3 Å². The van der Waals surface area contributed by atoms with Gasteiger partial charge in [0.05, 0.1) is 22.4 Å². The van der Waals surface area contributed by atoms with Gasteiger partial charge >= 0.3 is 0 Å². The van der Waals surface area contributed by atoms with E-state index < -0.39 is 10.0 Å². The number of para-hydroxylation sites is 2. The van der Waals surface area contributed by atoms with Gasteiger partial charge in [-0.2, -0.15) is 0 Å². The highest BCUT2D eigenvalue weighted by Gasteiger charge is 2.22. The van der Waals surface area contributed by atoms with Crippen LogP contribution in [-0.4, -0.2) is 18.4 Å². The largest absolute Gasteiger partial charge is 0.398 e. The van der Waals surface area contributed by atoms with E-state index in [1.165, 1.54) is 6.07 Å². The molecule has 0 saturated carbocycles. The van der Waals surface area contributed by atoms with Crippen molar-refractivity contribution in [2.45, 2.75) is 4.90 Å². The Morgan fingerprint density at radius 2 is 1.57 bits per heavy atom. The second kappa shape index (κ2) is 5.02. The lowest BCUT2D eigenvalue weighted by molar-refractivity contribution is 0.600. The van der Waals surface area contributed by atoms with Gasteiger partial charge in [-0.3, -0.25) is 14.7 Å². The second-order valence-corrected chi connectivity index (χ2v) is 6.05. The van der Waals surface area contributed by atoms with Gasteiger partial charge in [0.2, 0.25) is 0 Å². The molecule has 0 amide bonds. The second-order valence-electron chi connectivity index (χ2n) is 4.40. The van der Waals surface area contributed by atoms with Gasteiger partial charge < -0.3 is 5.73 Å². The molecule has 2 aliphatic rings. The van der Waals surface area contributed by atoms with E-state index in [0.717, 1.165) is 11.0 Å². The van der Waals surface area contributed by atoms with Gasteiger partial charge in [-0.15, -0.1) is 0 Å². The smallest absolute Gasteiger partial charge is 0.263 e. The Labute approximate surface area is 121 Å². The number of nitrogen functional groups attached to an aromatic ring is 1. The van der Waals surface area contributed by atoms with E-state index in [-0.39, 0.29) is 4.90 Å². The van der Waals surface area contributed by atoms with E-state index in [1.54, 1.807) is 24.5 Å². The number of nitrogens with zero attached hydrogens (tertiary/aromatic N) is 2. The van der Waals surface area contributed by atoms with Crippen LogP contribution in [0.1, 0.15) is 0 Å². The van der Waals surface area contributed by atoms with Crippen molar-refractivity contribution in [2.75, 3.05) is 10.5 Å². The van der Waals surface area contributed by atoms with Crippen molar-refractivity contribution >= 4 is 32.4 Å². The van der Waals surface area contributed by atoms with E-state index in [9.17, 15) is 8.42 Å². The summed E-state index contributed by atoms with van der Waals surface area (Å²) in [5, 5.41) is 0. The van der Waals surface area contributed by atoms with Crippen LogP contribution in [0.4, 0.5) is 11.4 Å². The van der Waals surface area contributed by atoms with Crippen molar-refractivity contribution in [2.24, 2.45) is 0 Å². The SMILES string of the molecule is Nc1cc2ccc1S(=O)(=O)N2.c1ccc2nccnc2c1. The first-order valence-corrected chi connectivity index (χ1v) is 7.63. The van der Waals surface area contributed by atoms with E-state index >= 15 is 0 Å². The maximum absolute atomic E-state index is 11.1. The van der Waals surface area contributed by atoms with Crippen LogP contribution in [0.15, 0.2) is 59.8 Å². The molecule has 0 saturated heterocycles. The third-order valence-electron chi connectivity index (χ3n) is 2.93. The highest BCUT2D eigenvalue weighted by molar-refractivity contribution is 7.93. The molecule has 2 aromatic carbocycles. The number of hydrogen-bond donors (Lipinski definition) is 2. The third-order valence-corrected chi connectivity index (χ3v) is 4.38. The lowest BCUT2D eigenvalue weighted by Gasteiger charge is -2.16. The van der Waals surface area contributed by atoms with Gasteiger partial charge in [-0.1, -0.05) is 12.1 Å². The van der Waals surface area contributed by atoms with Gasteiger partial charge in [0.15, 0.2) is 0 Å². The van der Waals surface area contributed by atoms with Gasteiger partial charge in [-0.25, -0.2) is 8.42 Å². The summed E-state index contributed by atoms with van der Waals surface area (Å²) in [4.78, 5) is 8.40. The molecule has 0 unspecified atom stereocenters. The number of nitrogens with two attached hydrogens (primary N) is 1. The Hall–Kier alpha value is -2.67. The van der Waals surface area contributed by atoms with Crippen molar-refractivity contribution in [1.29, 1.82) is 0 Å². The summed E-state index contributed by atoms with van der Waals surface area (Å²) in [6.45, 7) is 0. The fourth-order valence-electron chi connectivity index (χ4n) is 1.98. The summed E-state index contributed by atoms with van der Waals surface area (Å²) < 4.78 is 24.6. The maximum atomic E-state index is 11.1. The first-order valence-electron chi connectivity index (χ1n) is 6.14. The summed E-state index contributed by atoms with van der Waals surface area (Å²) in [5.74, 6) is 0. The molecular formula is C14H12N4O2S. The Kier molecular flexibility index (Phi) is 3.19. The molecule has 3 aromatic rings. The quantitative estimate of drug-likeness (QED) is 0.619. The molecule has 0 spiro atoms. The molecule has 0 aliphatic carbocycles. The average molecular weight is 300 g/mol. The zero-order valence-corrected chi connectivity index (χ0v) is 11.7. The molecule has 0 radical (unpaired) electrons. The zero-order chi connectivity index (χ0) is 14.9. The van der Waals surface area contributed by atoms with E-state index in [4.69, 9.17) is 5.73 Å². The maximum Gasteiger partial charge on any atom is 0.263 e. The number of rotatable bonds is 0. The van der Waals surface area contributed by atoms with Gasteiger partial charge in [0.1, 0.15) is 4.90 Å². The Morgan fingerprint density at radius 1 is 0.952 bits per heavy atom. The van der Waals surface area contributed by atoms with Crippen molar-refractivity contribution in [3.63, 3.8) is 0 Å². The van der Waals surface area contributed by atoms with Crippen LogP contribution in [0, 0.1) is 0 Å². The highest BCUT2D eigenvalue weighted by atomic mass is 32.2. The lowest BCUT2D eigenvalue weighted by Crippen LogP contribution is -2.19. The normalized spacial score (nSPS) is 14.1. The Morgan fingerprint density at radius 3 is 2.00 bits per heavy atom. The van der Waals surface area contributed by atoms with Gasteiger partial charge in [0, 0.05) is 12.4 Å². The molecule has 0 atom stereocenters. The van der Waals surface area contributed by atoms with Crippen molar-refractivity contribution in [3.05, 3.63) is 54.9 Å². The van der Waals surface area contributed by atoms with Crippen LogP contribution < -0.4 is 10.5 Å². The molecule has 1 aromatic heterocycles. The summed E-state index contributed by atoms with van der Waals surface area (Å²) in [6, 6.07) is 12.6. The summed E-state index contributed by atoms with van der Waals surface area (Å²) in [5.41, 5.74) is 8.16. The van der Waals surface area contributed by atoms with E-state index in [1.807, 2.05) is 24.3 Å². The molecule has 0 fully saturated rings. The topological polar surface area (TPSA) is 98.0 Å². The summed E-state index contributed by atoms with van der Waals surface area (Å²) >= 11 is 0. The van der Waals surface area contributed by atoms with Gasteiger partial charge in [0.25, 0.3) is 10.0 Å². The highest BCUT2D eigenvalue weighted by Crippen LogP contribution is 2.29. The van der Waals surface area contributed by atoms with Crippen LogP contribution in [0.25, 0.3) is 11.0 Å². The predicted molar refractivity (Wildman–Crippen MR) is 81.2 cm³/mol. The number of anilines is 2. The number of sulfonamides is 1. The number of aromatic nitrogens is 2. The number of nitrogens with one attached hydrogen (secondary N) is 1. The fourth-order valence-corrected chi connectivity index (χ4v) is 3.14. The van der Waals surface area contributed by atoms with Crippen LogP contribution in [0.2, 0.25) is 0 Å². The minimum Gasteiger partial charge on any atom is -0.398 e. The summed E-state index contributed by atoms with van der Waals surface area (Å²) in [7, 11) is -3.32. The average Bonchev–Trinajstić information content (AvgIpc) is 2.47. The van der Waals surface area contributed by atoms with Crippen molar-refractivity contribution in [1.82, 2.24) is 9.97 Å². The molecular weight excluding hydrogens is 288 g/mol. The van der Waals surface area contributed by atoms with Crippen molar-refractivity contribution < 1.29 is 8.42 Å². The molecule has 2 aliphatic heterocycles. The van der Waals surface area contributed by atoms with Crippen LogP contribution in [0.3, 0.4) is 0 Å². The van der Waals surface area contributed by atoms with E-state index in [0.29, 0.717) is 11.4 Å². The molecule has 5 rings (SSSR count). The van der Waals surface area contributed by atoms with E-state index in [2.05, 4.69) is 14.7 Å². The number of fused-ring (bicyclic) bond motifs is 4. The Balaban J connectivity index is 0.000000126. The predicted octanol–water partition coefficient (Wildman–Crippen LogP) is 2.01. The number of hydrogen-bond acceptors (Lipinski definition) is 5. The summed E-state index contributed by atoms with van der Waals surface area (Å²) in [6.07, 6.45) is 3.39. The third kappa shape index (κ3) is 2.63. The Bertz CT molecular complexity index is 844.